The summed E-state index contributed by atoms with van der Waals surface area (Å²) in [6.45, 7) is 2.08. The number of carboxylic acid groups (broad SMARTS) is 1. The molecule has 4 nitrogen and oxygen atoms in total. The lowest BCUT2D eigenvalue weighted by atomic mass is 10.0. The third kappa shape index (κ3) is 2.77. The van der Waals surface area contributed by atoms with E-state index in [-0.39, 0.29) is 29.0 Å². The average molecular weight is 300 g/mol. The zero-order chi connectivity index (χ0) is 14.9. The maximum Gasteiger partial charge on any atom is 0.308 e. The highest BCUT2D eigenvalue weighted by atomic mass is 35.5. The first-order chi connectivity index (χ1) is 9.41. The van der Waals surface area contributed by atoms with E-state index in [4.69, 9.17) is 16.7 Å². The largest absolute Gasteiger partial charge is 0.481 e. The van der Waals surface area contributed by atoms with Gasteiger partial charge in [0.05, 0.1) is 12.3 Å². The molecular formula is C14H15ClFNO3. The van der Waals surface area contributed by atoms with Gasteiger partial charge in [0.25, 0.3) is 0 Å². The van der Waals surface area contributed by atoms with Gasteiger partial charge in [-0.25, -0.2) is 4.39 Å². The molecule has 0 aliphatic carbocycles. The topological polar surface area (TPSA) is 57.6 Å². The lowest BCUT2D eigenvalue weighted by Crippen LogP contribution is -2.38. The Kier molecular flexibility index (Phi) is 4.28. The van der Waals surface area contributed by atoms with Crippen LogP contribution in [-0.2, 0) is 16.0 Å². The molecule has 0 radical (unpaired) electrons. The summed E-state index contributed by atoms with van der Waals surface area (Å²) >= 11 is 5.89. The molecule has 1 heterocycles. The monoisotopic (exact) mass is 299 g/mol. The molecule has 2 rings (SSSR count). The highest BCUT2D eigenvalue weighted by Gasteiger charge is 2.38. The van der Waals surface area contributed by atoms with Gasteiger partial charge in [0.15, 0.2) is 0 Å². The number of amides is 1. The van der Waals surface area contributed by atoms with Gasteiger partial charge in [-0.3, -0.25) is 9.59 Å². The van der Waals surface area contributed by atoms with Crippen molar-refractivity contribution in [2.75, 3.05) is 6.54 Å². The van der Waals surface area contributed by atoms with Crippen LogP contribution in [-0.4, -0.2) is 34.5 Å². The number of benzene rings is 1. The van der Waals surface area contributed by atoms with Crippen molar-refractivity contribution in [2.45, 2.75) is 25.8 Å². The smallest absolute Gasteiger partial charge is 0.308 e. The zero-order valence-corrected chi connectivity index (χ0v) is 11.7. The number of likely N-dealkylation sites (tertiary alicyclic amines) is 1. The van der Waals surface area contributed by atoms with Crippen LogP contribution in [0.25, 0.3) is 0 Å². The molecule has 1 saturated heterocycles. The number of carbonyl (C=O) groups excluding carboxylic acids is 1. The number of hydrogen-bond donors (Lipinski definition) is 1. The Balaban J connectivity index is 2.12. The molecule has 2 unspecified atom stereocenters. The molecule has 1 aromatic carbocycles. The van der Waals surface area contributed by atoms with Crippen LogP contribution in [0.5, 0.6) is 0 Å². The Labute approximate surface area is 121 Å². The number of rotatable bonds is 3. The Morgan fingerprint density at radius 3 is 2.75 bits per heavy atom. The van der Waals surface area contributed by atoms with Crippen LogP contribution in [0.3, 0.4) is 0 Å². The van der Waals surface area contributed by atoms with E-state index in [1.165, 1.54) is 23.1 Å². The van der Waals surface area contributed by atoms with Crippen molar-refractivity contribution in [1.82, 2.24) is 4.90 Å². The van der Waals surface area contributed by atoms with E-state index in [9.17, 15) is 14.0 Å². The van der Waals surface area contributed by atoms with Crippen LogP contribution in [0.15, 0.2) is 18.2 Å². The Bertz CT molecular complexity index is 529. The molecule has 0 spiro atoms. The number of halogens is 2. The summed E-state index contributed by atoms with van der Waals surface area (Å²) in [4.78, 5) is 24.7. The van der Waals surface area contributed by atoms with Gasteiger partial charge in [-0.05, 0) is 25.5 Å². The summed E-state index contributed by atoms with van der Waals surface area (Å²) in [5.41, 5.74) is 0.158. The van der Waals surface area contributed by atoms with Crippen molar-refractivity contribution < 1.29 is 19.1 Å². The number of carboxylic acids is 1. The van der Waals surface area contributed by atoms with Crippen LogP contribution in [0, 0.1) is 11.7 Å². The maximum absolute atomic E-state index is 13.7. The van der Waals surface area contributed by atoms with Gasteiger partial charge in [0, 0.05) is 23.2 Å². The lowest BCUT2D eigenvalue weighted by molar-refractivity contribution is -0.143. The van der Waals surface area contributed by atoms with Gasteiger partial charge in [0.1, 0.15) is 5.82 Å². The second-order valence-electron chi connectivity index (χ2n) is 4.94. The number of aliphatic carboxylic acids is 1. The van der Waals surface area contributed by atoms with Crippen molar-refractivity contribution in [2.24, 2.45) is 5.92 Å². The summed E-state index contributed by atoms with van der Waals surface area (Å²) < 4.78 is 13.7. The predicted octanol–water partition coefficient (Wildman–Crippen LogP) is 2.34. The zero-order valence-electron chi connectivity index (χ0n) is 11.0. The molecule has 0 bridgehead atoms. The second kappa shape index (κ2) is 5.79. The summed E-state index contributed by atoms with van der Waals surface area (Å²) in [6, 6.07) is 3.87. The SMILES string of the molecule is CC1C(C(=O)O)CCN1C(=O)Cc1c(F)cccc1Cl. The summed E-state index contributed by atoms with van der Waals surface area (Å²) in [5.74, 6) is -2.28. The normalized spacial score (nSPS) is 22.1. The van der Waals surface area contributed by atoms with Crippen molar-refractivity contribution in [1.29, 1.82) is 0 Å². The minimum atomic E-state index is -0.906. The van der Waals surface area contributed by atoms with Gasteiger partial charge >= 0.3 is 5.97 Å². The first-order valence-electron chi connectivity index (χ1n) is 6.37. The minimum absolute atomic E-state index is 0.151. The molecule has 1 N–H and O–H groups in total. The molecule has 1 aliphatic heterocycles. The van der Waals surface area contributed by atoms with Crippen LogP contribution in [0.2, 0.25) is 5.02 Å². The van der Waals surface area contributed by atoms with Crippen LogP contribution >= 0.6 is 11.6 Å². The van der Waals surface area contributed by atoms with Crippen molar-refractivity contribution in [3.05, 3.63) is 34.6 Å². The van der Waals surface area contributed by atoms with E-state index in [2.05, 4.69) is 0 Å². The highest BCUT2D eigenvalue weighted by molar-refractivity contribution is 6.31. The number of hydrogen-bond acceptors (Lipinski definition) is 2. The molecule has 1 aliphatic rings. The molecule has 0 saturated carbocycles. The van der Waals surface area contributed by atoms with Gasteiger partial charge in [-0.2, -0.15) is 0 Å². The van der Waals surface area contributed by atoms with Crippen LogP contribution < -0.4 is 0 Å². The van der Waals surface area contributed by atoms with E-state index in [0.717, 1.165) is 0 Å². The second-order valence-corrected chi connectivity index (χ2v) is 5.35. The average Bonchev–Trinajstić information content (AvgIpc) is 2.76. The van der Waals surface area contributed by atoms with Gasteiger partial charge < -0.3 is 10.0 Å². The molecule has 1 amide bonds. The molecule has 2 atom stereocenters. The minimum Gasteiger partial charge on any atom is -0.481 e. The lowest BCUT2D eigenvalue weighted by Gasteiger charge is -2.23. The fourth-order valence-electron chi connectivity index (χ4n) is 2.58. The van der Waals surface area contributed by atoms with Gasteiger partial charge in [-0.15, -0.1) is 0 Å². The van der Waals surface area contributed by atoms with Crippen molar-refractivity contribution in [3.63, 3.8) is 0 Å². The predicted molar refractivity (Wildman–Crippen MR) is 72.0 cm³/mol. The Morgan fingerprint density at radius 1 is 1.50 bits per heavy atom. The van der Waals surface area contributed by atoms with Crippen LogP contribution in [0.4, 0.5) is 4.39 Å². The van der Waals surface area contributed by atoms with Gasteiger partial charge in [-0.1, -0.05) is 17.7 Å². The third-order valence-corrected chi connectivity index (χ3v) is 4.14. The first kappa shape index (κ1) is 14.8. The Hall–Kier alpha value is -1.62. The summed E-state index contributed by atoms with van der Waals surface area (Å²) in [5, 5.41) is 9.25. The molecule has 0 aromatic heterocycles. The number of nitrogens with zero attached hydrogens (tertiary/aromatic N) is 1. The Morgan fingerprint density at radius 2 is 2.20 bits per heavy atom. The molecule has 1 fully saturated rings. The van der Waals surface area contributed by atoms with E-state index < -0.39 is 17.7 Å². The highest BCUT2D eigenvalue weighted by Crippen LogP contribution is 2.26. The number of carbonyl (C=O) groups is 2. The fraction of sp³-hybridized carbons (Fsp3) is 0.429. The van der Waals surface area contributed by atoms with Crippen LogP contribution in [0.1, 0.15) is 18.9 Å². The van der Waals surface area contributed by atoms with Crippen molar-refractivity contribution >= 4 is 23.5 Å². The first-order valence-corrected chi connectivity index (χ1v) is 6.74. The molecule has 108 valence electrons. The van der Waals surface area contributed by atoms with E-state index in [1.54, 1.807) is 6.92 Å². The molecule has 1 aromatic rings. The van der Waals surface area contributed by atoms with E-state index in [1.807, 2.05) is 0 Å². The third-order valence-electron chi connectivity index (χ3n) is 3.78. The van der Waals surface area contributed by atoms with E-state index in [0.29, 0.717) is 13.0 Å². The molecule has 6 heteroatoms. The molecule has 20 heavy (non-hydrogen) atoms. The standard InChI is InChI=1S/C14H15ClFNO3/c1-8-9(14(19)20)5-6-17(8)13(18)7-10-11(15)3-2-4-12(10)16/h2-4,8-9H,5-7H2,1H3,(H,19,20). The summed E-state index contributed by atoms with van der Waals surface area (Å²) in [6.07, 6.45) is 0.273. The van der Waals surface area contributed by atoms with Crippen molar-refractivity contribution in [3.8, 4) is 0 Å². The fourth-order valence-corrected chi connectivity index (χ4v) is 2.81. The van der Waals surface area contributed by atoms with E-state index >= 15 is 0 Å². The maximum atomic E-state index is 13.7. The molecular weight excluding hydrogens is 285 g/mol. The van der Waals surface area contributed by atoms with Gasteiger partial charge in [0.2, 0.25) is 5.91 Å². The quantitative estimate of drug-likeness (QED) is 0.932. The summed E-state index contributed by atoms with van der Waals surface area (Å²) in [7, 11) is 0.